The summed E-state index contributed by atoms with van der Waals surface area (Å²) in [5.74, 6) is -1.82. The van der Waals surface area contributed by atoms with Crippen LogP contribution in [0.1, 0.15) is 40.0 Å². The Labute approximate surface area is 272 Å². The van der Waals surface area contributed by atoms with Gasteiger partial charge in [-0.05, 0) is 70.4 Å². The molecule has 0 radical (unpaired) electrons. The Bertz CT molecular complexity index is 1780. The summed E-state index contributed by atoms with van der Waals surface area (Å²) in [6, 6.07) is 5.64. The molecule has 3 aromatic rings. The van der Waals surface area contributed by atoms with Crippen molar-refractivity contribution in [2.45, 2.75) is 63.6 Å². The summed E-state index contributed by atoms with van der Waals surface area (Å²) in [7, 11) is 0. The smallest absolute Gasteiger partial charge is 0.444 e. The van der Waals surface area contributed by atoms with Crippen LogP contribution in [0.3, 0.4) is 0 Å². The van der Waals surface area contributed by atoms with Crippen molar-refractivity contribution in [3.05, 3.63) is 52.8 Å². The van der Waals surface area contributed by atoms with E-state index in [1.165, 1.54) is 24.5 Å². The van der Waals surface area contributed by atoms with Crippen LogP contribution in [0.2, 0.25) is 0 Å². The van der Waals surface area contributed by atoms with Gasteiger partial charge in [-0.15, -0.1) is 13.2 Å². The predicted molar refractivity (Wildman–Crippen MR) is 167 cm³/mol. The monoisotopic (exact) mass is 676 g/mol. The average molecular weight is 677 g/mol. The van der Waals surface area contributed by atoms with Gasteiger partial charge in [0.2, 0.25) is 5.91 Å². The number of fused-ring (bicyclic) bond motifs is 1. The van der Waals surface area contributed by atoms with E-state index in [2.05, 4.69) is 20.4 Å². The van der Waals surface area contributed by atoms with E-state index in [9.17, 15) is 27.6 Å². The van der Waals surface area contributed by atoms with E-state index in [1.54, 1.807) is 25.7 Å². The van der Waals surface area contributed by atoms with E-state index in [0.717, 1.165) is 16.7 Å². The lowest BCUT2D eigenvalue weighted by Gasteiger charge is -2.34. The van der Waals surface area contributed by atoms with Gasteiger partial charge in [0, 0.05) is 26.2 Å². The van der Waals surface area contributed by atoms with Gasteiger partial charge in [0.05, 0.1) is 47.2 Å². The van der Waals surface area contributed by atoms with Crippen molar-refractivity contribution in [2.24, 2.45) is 0 Å². The van der Waals surface area contributed by atoms with Gasteiger partial charge in [0.15, 0.2) is 5.75 Å². The van der Waals surface area contributed by atoms with E-state index in [0.29, 0.717) is 58.7 Å². The van der Waals surface area contributed by atoms with Gasteiger partial charge in [-0.2, -0.15) is 0 Å². The zero-order valence-corrected chi connectivity index (χ0v) is 26.7. The van der Waals surface area contributed by atoms with E-state index >= 15 is 4.39 Å². The molecule has 2 saturated heterocycles. The summed E-state index contributed by atoms with van der Waals surface area (Å²) < 4.78 is 71.3. The molecule has 6 rings (SSSR count). The molecule has 258 valence electrons. The molecule has 0 unspecified atom stereocenters. The number of hydrogen-bond donors (Lipinski definition) is 2. The van der Waals surface area contributed by atoms with Crippen LogP contribution < -0.4 is 25.8 Å². The summed E-state index contributed by atoms with van der Waals surface area (Å²) in [5.41, 5.74) is -2.02. The molecule has 0 bridgehead atoms. The average Bonchev–Trinajstić information content (AvgIpc) is 3.70. The van der Waals surface area contributed by atoms with Crippen molar-refractivity contribution < 1.29 is 41.4 Å². The number of benzene rings is 2. The van der Waals surface area contributed by atoms with Crippen molar-refractivity contribution in [3.8, 4) is 11.4 Å². The number of rotatable bonds is 7. The highest BCUT2D eigenvalue weighted by molar-refractivity contribution is 6.01. The van der Waals surface area contributed by atoms with Crippen LogP contribution in [0.5, 0.6) is 5.75 Å². The number of ether oxygens (including phenoxy) is 3. The molecular formula is C32H36F4N6O6. The van der Waals surface area contributed by atoms with Gasteiger partial charge in [-0.3, -0.25) is 19.1 Å². The van der Waals surface area contributed by atoms with E-state index in [-0.39, 0.29) is 34.0 Å². The van der Waals surface area contributed by atoms with Crippen molar-refractivity contribution in [1.82, 2.24) is 19.8 Å². The van der Waals surface area contributed by atoms with E-state index in [1.807, 2.05) is 4.90 Å². The van der Waals surface area contributed by atoms with Gasteiger partial charge in [0.25, 0.3) is 5.56 Å². The molecule has 3 fully saturated rings. The summed E-state index contributed by atoms with van der Waals surface area (Å²) in [5, 5.41) is 5.32. The highest BCUT2D eigenvalue weighted by Gasteiger charge is 2.54. The van der Waals surface area contributed by atoms with Crippen molar-refractivity contribution in [1.29, 1.82) is 0 Å². The Morgan fingerprint density at radius 3 is 2.46 bits per heavy atom. The largest absolute Gasteiger partial charge is 0.573 e. The summed E-state index contributed by atoms with van der Waals surface area (Å²) >= 11 is 0. The second kappa shape index (κ2) is 12.5. The molecule has 3 aliphatic rings. The third kappa shape index (κ3) is 7.18. The third-order valence-electron chi connectivity index (χ3n) is 8.55. The summed E-state index contributed by atoms with van der Waals surface area (Å²) in [6.07, 6.45) is -2.81. The highest BCUT2D eigenvalue weighted by atomic mass is 19.4. The lowest BCUT2D eigenvalue weighted by molar-refractivity contribution is -0.274. The number of carbonyl (C=O) groups is 2. The fourth-order valence-electron chi connectivity index (χ4n) is 6.14. The first-order chi connectivity index (χ1) is 22.6. The molecule has 12 nitrogen and oxygen atoms in total. The Kier molecular flexibility index (Phi) is 8.74. The first-order valence-corrected chi connectivity index (χ1v) is 15.6. The molecule has 1 saturated carbocycles. The van der Waals surface area contributed by atoms with Gasteiger partial charge in [-0.1, -0.05) is 0 Å². The minimum Gasteiger partial charge on any atom is -0.444 e. The lowest BCUT2D eigenvalue weighted by atomic mass is 10.1. The number of nitrogens with one attached hydrogen (secondary N) is 2. The number of anilines is 2. The number of aromatic nitrogens is 2. The fourth-order valence-corrected chi connectivity index (χ4v) is 6.14. The number of hydrogen-bond acceptors (Lipinski definition) is 9. The maximum Gasteiger partial charge on any atom is 0.573 e. The first-order valence-electron chi connectivity index (χ1n) is 15.6. The van der Waals surface area contributed by atoms with Crippen molar-refractivity contribution in [2.75, 3.05) is 49.6 Å². The minimum atomic E-state index is -5.04. The SMILES string of the molecule is CC(C)(C)OC(=O)N[C@@H]1CCN(c2cc3ncn(-c4ccc(OC(F)(F)F)c(NC(=O)C5(N6CCOCC6)CC5)c4)c(=O)c3cc2F)C1. The Balaban J connectivity index is 1.26. The number of amides is 2. The van der Waals surface area contributed by atoms with E-state index < -0.39 is 46.6 Å². The highest BCUT2D eigenvalue weighted by Crippen LogP contribution is 2.44. The van der Waals surface area contributed by atoms with Crippen LogP contribution in [-0.2, 0) is 14.3 Å². The second-order valence-corrected chi connectivity index (χ2v) is 13.1. The number of carbonyl (C=O) groups excluding carboxylic acids is 2. The Hall–Kier alpha value is -4.44. The number of morpholine rings is 1. The summed E-state index contributed by atoms with van der Waals surface area (Å²) in [6.45, 7) is 7.92. The standard InChI is InChI=1S/C32H36F4N6O6/c1-30(2,3)48-29(45)38-19-6-9-40(17-19)25-16-23-21(15-22(25)33)27(43)42(18-37-23)20-4-5-26(47-32(34,35)36)24(14-20)39-28(44)31(7-8-31)41-10-12-46-13-11-41/h4-5,14-16,18-19H,6-13,17H2,1-3H3,(H,38,45)(H,39,44)/t19-/m1/s1. The lowest BCUT2D eigenvalue weighted by Crippen LogP contribution is -2.51. The third-order valence-corrected chi connectivity index (χ3v) is 8.55. The van der Waals surface area contributed by atoms with Crippen LogP contribution in [0, 0.1) is 5.82 Å². The Morgan fingerprint density at radius 1 is 1.06 bits per heavy atom. The predicted octanol–water partition coefficient (Wildman–Crippen LogP) is 4.33. The zero-order chi connectivity index (χ0) is 34.4. The fraction of sp³-hybridized carbons (Fsp3) is 0.500. The summed E-state index contributed by atoms with van der Waals surface area (Å²) in [4.78, 5) is 47.3. The molecule has 2 aliphatic heterocycles. The molecule has 2 aromatic carbocycles. The van der Waals surface area contributed by atoms with Gasteiger partial charge in [0.1, 0.15) is 23.3 Å². The van der Waals surface area contributed by atoms with Crippen LogP contribution >= 0.6 is 0 Å². The Morgan fingerprint density at radius 2 is 1.79 bits per heavy atom. The van der Waals surface area contributed by atoms with E-state index in [4.69, 9.17) is 9.47 Å². The molecule has 48 heavy (non-hydrogen) atoms. The molecule has 1 aromatic heterocycles. The molecule has 1 aliphatic carbocycles. The molecule has 2 N–H and O–H groups in total. The number of alkyl carbamates (subject to hydrolysis) is 1. The molecule has 0 spiro atoms. The van der Waals surface area contributed by atoms with Gasteiger partial charge in [-0.25, -0.2) is 14.2 Å². The molecular weight excluding hydrogens is 640 g/mol. The van der Waals surface area contributed by atoms with Crippen molar-refractivity contribution in [3.63, 3.8) is 0 Å². The number of halogens is 4. The first kappa shape index (κ1) is 33.5. The van der Waals surface area contributed by atoms with Crippen LogP contribution in [-0.4, -0.2) is 89.4 Å². The number of alkyl halides is 3. The minimum absolute atomic E-state index is 0.0631. The quantitative estimate of drug-likeness (QED) is 0.352. The molecule has 16 heteroatoms. The maximum atomic E-state index is 15.5. The van der Waals surface area contributed by atoms with Crippen LogP contribution in [0.25, 0.3) is 16.6 Å². The zero-order valence-electron chi connectivity index (χ0n) is 26.7. The molecule has 1 atom stereocenters. The second-order valence-electron chi connectivity index (χ2n) is 13.1. The van der Waals surface area contributed by atoms with Gasteiger partial charge >= 0.3 is 12.5 Å². The topological polar surface area (TPSA) is 127 Å². The molecule has 3 heterocycles. The van der Waals surface area contributed by atoms with Crippen molar-refractivity contribution >= 4 is 34.3 Å². The number of nitrogens with zero attached hydrogens (tertiary/aromatic N) is 4. The maximum absolute atomic E-state index is 15.5. The van der Waals surface area contributed by atoms with Gasteiger partial charge < -0.3 is 29.7 Å². The normalized spacial score (nSPS) is 19.6. The van der Waals surface area contributed by atoms with Crippen LogP contribution in [0.15, 0.2) is 41.5 Å². The van der Waals surface area contributed by atoms with Crippen LogP contribution in [0.4, 0.5) is 33.7 Å². The molecule has 2 amide bonds.